The first-order valence-electron chi connectivity index (χ1n) is 28.2. The fourth-order valence-corrected chi connectivity index (χ4v) is 8.84. The van der Waals surface area contributed by atoms with Crippen molar-refractivity contribution in [3.8, 4) is 0 Å². The summed E-state index contributed by atoms with van der Waals surface area (Å²) in [6.07, 6.45) is 72.7. The second-order valence-corrected chi connectivity index (χ2v) is 19.4. The first-order valence-corrected chi connectivity index (χ1v) is 28.2. The Kier molecular flexibility index (Phi) is 52.7. The Morgan fingerprint density at radius 1 is 0.387 bits per heavy atom. The molecule has 0 spiro atoms. The molecule has 3 N–H and O–H groups in total. The lowest BCUT2D eigenvalue weighted by molar-refractivity contribution is -0.123. The van der Waals surface area contributed by atoms with Crippen LogP contribution in [0.1, 0.15) is 309 Å². The van der Waals surface area contributed by atoms with Crippen molar-refractivity contribution in [2.45, 2.75) is 321 Å². The summed E-state index contributed by atoms with van der Waals surface area (Å²) in [7, 11) is 0. The van der Waals surface area contributed by atoms with Crippen LogP contribution in [0.15, 0.2) is 36.5 Å². The monoisotopic (exact) mass is 870 g/mol. The van der Waals surface area contributed by atoms with E-state index in [0.29, 0.717) is 12.8 Å². The topological polar surface area (TPSA) is 69.6 Å². The predicted octanol–water partition coefficient (Wildman–Crippen LogP) is 18.5. The predicted molar refractivity (Wildman–Crippen MR) is 276 cm³/mol. The highest BCUT2D eigenvalue weighted by Crippen LogP contribution is 2.17. The average molecular weight is 871 g/mol. The molecule has 0 aliphatic heterocycles. The molecule has 0 saturated heterocycles. The van der Waals surface area contributed by atoms with Crippen LogP contribution in [0.4, 0.5) is 0 Å². The van der Waals surface area contributed by atoms with Gasteiger partial charge in [-0.1, -0.05) is 288 Å². The minimum atomic E-state index is -0.658. The lowest BCUT2D eigenvalue weighted by atomic mass is 10.0. The Morgan fingerprint density at radius 2 is 0.661 bits per heavy atom. The van der Waals surface area contributed by atoms with E-state index in [1.807, 2.05) is 0 Å². The molecule has 0 bridgehead atoms. The molecule has 0 aromatic carbocycles. The number of allylic oxidation sites excluding steroid dienone is 6. The summed E-state index contributed by atoms with van der Waals surface area (Å²) in [5, 5.41) is 23.3. The Labute approximate surface area is 389 Å². The summed E-state index contributed by atoms with van der Waals surface area (Å²) in [6, 6.07) is -0.535. The van der Waals surface area contributed by atoms with E-state index in [2.05, 4.69) is 55.6 Å². The van der Waals surface area contributed by atoms with Gasteiger partial charge >= 0.3 is 0 Å². The van der Waals surface area contributed by atoms with Crippen LogP contribution >= 0.6 is 0 Å². The van der Waals surface area contributed by atoms with E-state index in [1.54, 1.807) is 0 Å². The molecule has 0 aliphatic carbocycles. The Hall–Kier alpha value is -1.39. The minimum Gasteiger partial charge on any atom is -0.394 e. The number of hydrogen-bond donors (Lipinski definition) is 3. The molecule has 0 fully saturated rings. The fraction of sp³-hybridized carbons (Fsp3) is 0.879. The summed E-state index contributed by atoms with van der Waals surface area (Å²) < 4.78 is 0. The number of carbonyl (C=O) groups is 1. The van der Waals surface area contributed by atoms with Crippen LogP contribution in [-0.2, 0) is 4.79 Å². The van der Waals surface area contributed by atoms with Crippen LogP contribution in [0, 0.1) is 0 Å². The van der Waals surface area contributed by atoms with Crippen molar-refractivity contribution in [1.82, 2.24) is 5.32 Å². The van der Waals surface area contributed by atoms with Gasteiger partial charge in [0.05, 0.1) is 18.8 Å². The maximum atomic E-state index is 12.5. The van der Waals surface area contributed by atoms with Gasteiger partial charge in [0.1, 0.15) is 0 Å². The van der Waals surface area contributed by atoms with Gasteiger partial charge in [-0.05, 0) is 51.4 Å². The van der Waals surface area contributed by atoms with E-state index in [-0.39, 0.29) is 12.5 Å². The highest BCUT2D eigenvalue weighted by molar-refractivity contribution is 5.76. The highest BCUT2D eigenvalue weighted by Gasteiger charge is 2.20. The summed E-state index contributed by atoms with van der Waals surface area (Å²) in [5.41, 5.74) is 0. The van der Waals surface area contributed by atoms with Crippen LogP contribution in [0.3, 0.4) is 0 Å². The quantitative estimate of drug-likeness (QED) is 0.0421. The van der Waals surface area contributed by atoms with Crippen molar-refractivity contribution >= 4 is 5.91 Å². The normalized spacial score (nSPS) is 13.0. The summed E-state index contributed by atoms with van der Waals surface area (Å²) in [4.78, 5) is 12.5. The van der Waals surface area contributed by atoms with Crippen LogP contribution in [-0.4, -0.2) is 34.9 Å². The molecule has 0 saturated carbocycles. The molecule has 0 rings (SSSR count). The molecule has 62 heavy (non-hydrogen) atoms. The van der Waals surface area contributed by atoms with E-state index in [1.165, 1.54) is 244 Å². The Bertz CT molecular complexity index is 943. The number of unbranched alkanes of at least 4 members (excludes halogenated alkanes) is 39. The van der Waals surface area contributed by atoms with Crippen molar-refractivity contribution in [2.75, 3.05) is 6.61 Å². The second kappa shape index (κ2) is 53.9. The van der Waals surface area contributed by atoms with Crippen molar-refractivity contribution < 1.29 is 15.0 Å². The molecule has 2 atom stereocenters. The van der Waals surface area contributed by atoms with E-state index < -0.39 is 12.1 Å². The molecule has 366 valence electrons. The zero-order valence-corrected chi connectivity index (χ0v) is 42.2. The molecule has 0 aromatic heterocycles. The molecule has 0 aromatic rings. The van der Waals surface area contributed by atoms with Gasteiger partial charge in [0.25, 0.3) is 0 Å². The van der Waals surface area contributed by atoms with Gasteiger partial charge in [0, 0.05) is 6.42 Å². The van der Waals surface area contributed by atoms with Gasteiger partial charge in [-0.3, -0.25) is 4.79 Å². The van der Waals surface area contributed by atoms with Gasteiger partial charge in [-0.2, -0.15) is 0 Å². The third-order valence-corrected chi connectivity index (χ3v) is 13.2. The maximum absolute atomic E-state index is 12.5. The molecule has 1 amide bonds. The van der Waals surface area contributed by atoms with Crippen molar-refractivity contribution in [1.29, 1.82) is 0 Å². The van der Waals surface area contributed by atoms with Gasteiger partial charge in [0.2, 0.25) is 5.91 Å². The molecule has 0 aliphatic rings. The van der Waals surface area contributed by atoms with Gasteiger partial charge in [0.15, 0.2) is 0 Å². The number of rotatable bonds is 52. The molecular weight excluding hydrogens is 759 g/mol. The summed E-state index contributed by atoms with van der Waals surface area (Å²) in [6.45, 7) is 4.37. The number of amides is 1. The first-order chi connectivity index (χ1) is 30.7. The first kappa shape index (κ1) is 60.6. The zero-order valence-electron chi connectivity index (χ0n) is 42.2. The van der Waals surface area contributed by atoms with Crippen molar-refractivity contribution in [2.24, 2.45) is 0 Å². The maximum Gasteiger partial charge on any atom is 0.220 e. The fourth-order valence-electron chi connectivity index (χ4n) is 8.84. The van der Waals surface area contributed by atoms with Crippen molar-refractivity contribution in [3.63, 3.8) is 0 Å². The number of hydrogen-bond acceptors (Lipinski definition) is 3. The molecule has 4 heteroatoms. The van der Waals surface area contributed by atoms with Crippen LogP contribution in [0.25, 0.3) is 0 Å². The largest absolute Gasteiger partial charge is 0.394 e. The number of carbonyl (C=O) groups excluding carboxylic acids is 1. The minimum absolute atomic E-state index is 0.0267. The van der Waals surface area contributed by atoms with Gasteiger partial charge in [-0.15, -0.1) is 0 Å². The van der Waals surface area contributed by atoms with Crippen LogP contribution < -0.4 is 5.32 Å². The van der Waals surface area contributed by atoms with E-state index in [0.717, 1.165) is 38.5 Å². The molecule has 0 radical (unpaired) electrons. The third kappa shape index (κ3) is 49.6. The van der Waals surface area contributed by atoms with Crippen LogP contribution in [0.5, 0.6) is 0 Å². The standard InChI is InChI=1S/C58H111NO3/c1-3-5-7-9-11-13-15-17-19-21-22-23-24-25-26-27-28-29-30-31-32-33-34-35-36-38-40-42-44-46-48-50-52-54-58(62)59-56(55-60)57(61)53-51-49-47-45-43-41-39-37-20-18-16-14-12-10-8-6-4-2/h15,17,21-22,24-25,56-57,60-61H,3-14,16,18-20,23,26-55H2,1-2H3,(H,59,62)/b17-15-,22-21-,25-24-. The molecular formula is C58H111NO3. The highest BCUT2D eigenvalue weighted by atomic mass is 16.3. The average Bonchev–Trinajstić information content (AvgIpc) is 3.28. The molecule has 4 nitrogen and oxygen atoms in total. The number of aliphatic hydroxyl groups is 2. The summed E-state index contributed by atoms with van der Waals surface area (Å²) in [5.74, 6) is -0.0267. The second-order valence-electron chi connectivity index (χ2n) is 19.4. The van der Waals surface area contributed by atoms with E-state index in [4.69, 9.17) is 0 Å². The lowest BCUT2D eigenvalue weighted by Crippen LogP contribution is -2.45. The van der Waals surface area contributed by atoms with E-state index in [9.17, 15) is 15.0 Å². The number of aliphatic hydroxyl groups excluding tert-OH is 2. The lowest BCUT2D eigenvalue weighted by Gasteiger charge is -2.22. The molecule has 2 unspecified atom stereocenters. The van der Waals surface area contributed by atoms with Crippen molar-refractivity contribution in [3.05, 3.63) is 36.5 Å². The third-order valence-electron chi connectivity index (χ3n) is 13.2. The smallest absolute Gasteiger partial charge is 0.220 e. The van der Waals surface area contributed by atoms with E-state index >= 15 is 0 Å². The SMILES string of the molecule is CCCCCCC/C=C\C/C=C\C/C=C\CCCCCCCCCCCCCCCCCCCCC(=O)NC(CO)C(O)CCCCCCCCCCCCCCCCCCC. The van der Waals surface area contributed by atoms with Gasteiger partial charge < -0.3 is 15.5 Å². The van der Waals surface area contributed by atoms with Crippen LogP contribution in [0.2, 0.25) is 0 Å². The Morgan fingerprint density at radius 3 is 0.984 bits per heavy atom. The summed E-state index contributed by atoms with van der Waals surface area (Å²) >= 11 is 0. The van der Waals surface area contributed by atoms with Gasteiger partial charge in [-0.25, -0.2) is 0 Å². The number of nitrogens with one attached hydrogen (secondary N) is 1. The zero-order chi connectivity index (χ0) is 44.9. The molecule has 0 heterocycles. The Balaban J connectivity index is 3.42.